The standard InChI is InChI=1S/C17H22N4O3S/c1-4-21(5-2)17(22)20-25(23,24)16-12-18-10-9-15(16)19-14-8-6-7-13(3)11-14/h6-12H,4-5H2,1-3H3,(H,18,19)(H,20,22). The highest BCUT2D eigenvalue weighted by Gasteiger charge is 2.23. The van der Waals surface area contributed by atoms with E-state index in [1.54, 1.807) is 19.9 Å². The van der Waals surface area contributed by atoms with Gasteiger partial charge in [0.2, 0.25) is 0 Å². The minimum Gasteiger partial charge on any atom is -0.354 e. The minimum absolute atomic E-state index is 0.0861. The Morgan fingerprint density at radius 3 is 2.56 bits per heavy atom. The molecule has 0 saturated carbocycles. The van der Waals surface area contributed by atoms with E-state index in [4.69, 9.17) is 0 Å². The third-order valence-electron chi connectivity index (χ3n) is 3.64. The van der Waals surface area contributed by atoms with Gasteiger partial charge in [0.1, 0.15) is 4.90 Å². The van der Waals surface area contributed by atoms with Crippen LogP contribution < -0.4 is 10.0 Å². The van der Waals surface area contributed by atoms with Crippen LogP contribution in [-0.2, 0) is 10.0 Å². The fourth-order valence-corrected chi connectivity index (χ4v) is 3.40. The number of urea groups is 1. The molecule has 2 N–H and O–H groups in total. The van der Waals surface area contributed by atoms with Crippen molar-refractivity contribution >= 4 is 27.4 Å². The molecule has 1 heterocycles. The largest absolute Gasteiger partial charge is 0.354 e. The summed E-state index contributed by atoms with van der Waals surface area (Å²) in [5, 5.41) is 3.07. The number of carbonyl (C=O) groups is 1. The Labute approximate surface area is 148 Å². The number of hydrogen-bond donors (Lipinski definition) is 2. The van der Waals surface area contributed by atoms with Crippen molar-refractivity contribution in [2.45, 2.75) is 25.7 Å². The fraction of sp³-hybridized carbons (Fsp3) is 0.294. The molecule has 0 aliphatic carbocycles. The molecule has 0 radical (unpaired) electrons. The number of rotatable bonds is 6. The van der Waals surface area contributed by atoms with Gasteiger partial charge in [-0.3, -0.25) is 4.98 Å². The Morgan fingerprint density at radius 2 is 1.92 bits per heavy atom. The number of pyridine rings is 1. The first-order valence-corrected chi connectivity index (χ1v) is 9.45. The maximum Gasteiger partial charge on any atom is 0.331 e. The van der Waals surface area contributed by atoms with Gasteiger partial charge in [-0.15, -0.1) is 0 Å². The molecule has 134 valence electrons. The molecule has 0 aliphatic rings. The highest BCUT2D eigenvalue weighted by Crippen LogP contribution is 2.24. The number of nitrogens with zero attached hydrogens (tertiary/aromatic N) is 2. The van der Waals surface area contributed by atoms with Crippen LogP contribution in [-0.4, -0.2) is 37.4 Å². The molecule has 0 bridgehead atoms. The van der Waals surface area contributed by atoms with Crippen molar-refractivity contribution < 1.29 is 13.2 Å². The first-order valence-electron chi connectivity index (χ1n) is 7.96. The van der Waals surface area contributed by atoms with E-state index < -0.39 is 16.1 Å². The van der Waals surface area contributed by atoms with Crippen molar-refractivity contribution in [3.8, 4) is 0 Å². The van der Waals surface area contributed by atoms with Crippen molar-refractivity contribution in [1.29, 1.82) is 0 Å². The van der Waals surface area contributed by atoms with Crippen LogP contribution in [0.25, 0.3) is 0 Å². The number of hydrogen-bond acceptors (Lipinski definition) is 5. The van der Waals surface area contributed by atoms with E-state index in [0.717, 1.165) is 11.3 Å². The van der Waals surface area contributed by atoms with Crippen molar-refractivity contribution in [2.24, 2.45) is 0 Å². The van der Waals surface area contributed by atoms with Crippen LogP contribution in [0.5, 0.6) is 0 Å². The molecule has 7 nitrogen and oxygen atoms in total. The molecule has 2 rings (SSSR count). The van der Waals surface area contributed by atoms with Crippen LogP contribution in [0.15, 0.2) is 47.6 Å². The number of carbonyl (C=O) groups excluding carboxylic acids is 1. The Hall–Kier alpha value is -2.61. The van der Waals surface area contributed by atoms with Gasteiger partial charge in [0.15, 0.2) is 0 Å². The molecule has 2 aromatic rings. The number of aryl methyl sites for hydroxylation is 1. The Kier molecular flexibility index (Phi) is 5.97. The summed E-state index contributed by atoms with van der Waals surface area (Å²) < 4.78 is 27.3. The Bertz CT molecular complexity index is 848. The lowest BCUT2D eigenvalue weighted by atomic mass is 10.2. The van der Waals surface area contributed by atoms with E-state index in [2.05, 4.69) is 15.0 Å². The molecule has 0 atom stereocenters. The van der Waals surface area contributed by atoms with E-state index in [1.807, 2.05) is 31.2 Å². The molecule has 25 heavy (non-hydrogen) atoms. The predicted molar refractivity (Wildman–Crippen MR) is 97.3 cm³/mol. The van der Waals surface area contributed by atoms with Crippen LogP contribution in [0.1, 0.15) is 19.4 Å². The van der Waals surface area contributed by atoms with E-state index in [9.17, 15) is 13.2 Å². The van der Waals surface area contributed by atoms with Gasteiger partial charge < -0.3 is 10.2 Å². The number of amides is 2. The lowest BCUT2D eigenvalue weighted by Crippen LogP contribution is -2.42. The topological polar surface area (TPSA) is 91.4 Å². The second-order valence-electron chi connectivity index (χ2n) is 5.45. The summed E-state index contributed by atoms with van der Waals surface area (Å²) >= 11 is 0. The first-order chi connectivity index (χ1) is 11.9. The third-order valence-corrected chi connectivity index (χ3v) is 4.99. The van der Waals surface area contributed by atoms with Crippen LogP contribution in [0, 0.1) is 6.92 Å². The average molecular weight is 362 g/mol. The van der Waals surface area contributed by atoms with Crippen molar-refractivity contribution in [3.05, 3.63) is 48.3 Å². The van der Waals surface area contributed by atoms with Gasteiger partial charge in [-0.05, 0) is 44.5 Å². The predicted octanol–water partition coefficient (Wildman–Crippen LogP) is 2.87. The smallest absolute Gasteiger partial charge is 0.331 e. The maximum absolute atomic E-state index is 12.6. The van der Waals surface area contributed by atoms with Crippen molar-refractivity contribution in [3.63, 3.8) is 0 Å². The fourth-order valence-electron chi connectivity index (χ4n) is 2.32. The van der Waals surface area contributed by atoms with Crippen LogP contribution in [0.3, 0.4) is 0 Å². The Balaban J connectivity index is 2.31. The van der Waals surface area contributed by atoms with E-state index in [0.29, 0.717) is 18.8 Å². The normalized spacial score (nSPS) is 11.0. The van der Waals surface area contributed by atoms with Crippen molar-refractivity contribution in [2.75, 3.05) is 18.4 Å². The molecule has 0 aliphatic heterocycles. The number of sulfonamides is 1. The molecule has 0 unspecified atom stereocenters. The SMILES string of the molecule is CCN(CC)C(=O)NS(=O)(=O)c1cnccc1Nc1cccc(C)c1. The number of benzene rings is 1. The zero-order chi connectivity index (χ0) is 18.4. The van der Waals surface area contributed by atoms with Gasteiger partial charge in [0.25, 0.3) is 10.0 Å². The summed E-state index contributed by atoms with van der Waals surface area (Å²) in [5.74, 6) is 0. The second-order valence-corrected chi connectivity index (χ2v) is 7.10. The van der Waals surface area contributed by atoms with Crippen LogP contribution >= 0.6 is 0 Å². The summed E-state index contributed by atoms with van der Waals surface area (Å²) in [6, 6.07) is 8.44. The summed E-state index contributed by atoms with van der Waals surface area (Å²) in [6.07, 6.45) is 2.71. The summed E-state index contributed by atoms with van der Waals surface area (Å²) in [6.45, 7) is 6.34. The lowest BCUT2D eigenvalue weighted by molar-refractivity contribution is 0.209. The number of aromatic nitrogens is 1. The van der Waals surface area contributed by atoms with Gasteiger partial charge in [-0.2, -0.15) is 0 Å². The molecule has 0 saturated heterocycles. The number of nitrogens with one attached hydrogen (secondary N) is 2. The quantitative estimate of drug-likeness (QED) is 0.824. The summed E-state index contributed by atoms with van der Waals surface area (Å²) in [4.78, 5) is 17.3. The average Bonchev–Trinajstić information content (AvgIpc) is 2.56. The molecular formula is C17H22N4O3S. The molecule has 8 heteroatoms. The van der Waals surface area contributed by atoms with Gasteiger partial charge in [0, 0.05) is 31.2 Å². The van der Waals surface area contributed by atoms with E-state index in [-0.39, 0.29) is 4.90 Å². The molecule has 2 amide bonds. The van der Waals surface area contributed by atoms with Gasteiger partial charge in [-0.25, -0.2) is 17.9 Å². The second kappa shape index (κ2) is 7.98. The van der Waals surface area contributed by atoms with Gasteiger partial charge >= 0.3 is 6.03 Å². The summed E-state index contributed by atoms with van der Waals surface area (Å²) in [7, 11) is -4.05. The molecule has 0 fully saturated rings. The highest BCUT2D eigenvalue weighted by molar-refractivity contribution is 7.90. The molecule has 1 aromatic carbocycles. The lowest BCUT2D eigenvalue weighted by Gasteiger charge is -2.20. The number of anilines is 2. The summed E-state index contributed by atoms with van der Waals surface area (Å²) in [5.41, 5.74) is 2.14. The zero-order valence-corrected chi connectivity index (χ0v) is 15.3. The maximum atomic E-state index is 12.6. The van der Waals surface area contributed by atoms with Gasteiger partial charge in [-0.1, -0.05) is 12.1 Å². The molecule has 1 aromatic heterocycles. The van der Waals surface area contributed by atoms with E-state index >= 15 is 0 Å². The Morgan fingerprint density at radius 1 is 1.20 bits per heavy atom. The van der Waals surface area contributed by atoms with Gasteiger partial charge in [0.05, 0.1) is 5.69 Å². The van der Waals surface area contributed by atoms with Crippen LogP contribution in [0.4, 0.5) is 16.2 Å². The van der Waals surface area contributed by atoms with Crippen molar-refractivity contribution in [1.82, 2.24) is 14.6 Å². The van der Waals surface area contributed by atoms with E-state index in [1.165, 1.54) is 17.3 Å². The monoisotopic (exact) mass is 362 g/mol. The minimum atomic E-state index is -4.05. The molecule has 0 spiro atoms. The van der Waals surface area contributed by atoms with Crippen LogP contribution in [0.2, 0.25) is 0 Å². The third kappa shape index (κ3) is 4.69. The zero-order valence-electron chi connectivity index (χ0n) is 14.5. The highest BCUT2D eigenvalue weighted by atomic mass is 32.2. The molecular weight excluding hydrogens is 340 g/mol. The first kappa shape index (κ1) is 18.7.